The third-order valence-corrected chi connectivity index (χ3v) is 2.76. The third kappa shape index (κ3) is 5.07. The number of hydrogen-bond acceptors (Lipinski definition) is 4. The number of hydrogen-bond donors (Lipinski definition) is 2. The summed E-state index contributed by atoms with van der Waals surface area (Å²) in [6.07, 6.45) is -1.13. The Hall–Kier alpha value is -2.09. The van der Waals surface area contributed by atoms with E-state index in [0.29, 0.717) is 13.1 Å². The minimum Gasteiger partial charge on any atom is -0.468 e. The maximum Gasteiger partial charge on any atom is 0.422 e. The van der Waals surface area contributed by atoms with Crippen molar-refractivity contribution in [3.05, 3.63) is 41.3 Å². The van der Waals surface area contributed by atoms with Gasteiger partial charge in [-0.25, -0.2) is 4.98 Å². The van der Waals surface area contributed by atoms with E-state index in [2.05, 4.69) is 25.2 Å². The number of halogens is 3. The summed E-state index contributed by atoms with van der Waals surface area (Å²) in [5.74, 6) is -0.0400. The molecule has 0 atom stereocenters. The molecule has 21 heavy (non-hydrogen) atoms. The molecule has 5 nitrogen and oxygen atoms in total. The Morgan fingerprint density at radius 1 is 1.24 bits per heavy atom. The zero-order valence-electron chi connectivity index (χ0n) is 11.4. The lowest BCUT2D eigenvalue weighted by Crippen LogP contribution is -2.19. The summed E-state index contributed by atoms with van der Waals surface area (Å²) in [7, 11) is 0. The van der Waals surface area contributed by atoms with E-state index >= 15 is 0 Å². The minimum absolute atomic E-state index is 0.0400. The van der Waals surface area contributed by atoms with Crippen LogP contribution in [0.4, 0.5) is 13.2 Å². The average Bonchev–Trinajstić information content (AvgIpc) is 2.83. The summed E-state index contributed by atoms with van der Waals surface area (Å²) in [5.41, 5.74) is 2.92. The predicted octanol–water partition coefficient (Wildman–Crippen LogP) is 2.34. The van der Waals surface area contributed by atoms with E-state index < -0.39 is 12.8 Å². The Morgan fingerprint density at radius 2 is 2.05 bits per heavy atom. The van der Waals surface area contributed by atoms with Crippen LogP contribution in [0.25, 0.3) is 0 Å². The van der Waals surface area contributed by atoms with Crippen LogP contribution in [0, 0.1) is 6.92 Å². The van der Waals surface area contributed by atoms with Crippen molar-refractivity contribution >= 4 is 0 Å². The van der Waals surface area contributed by atoms with Gasteiger partial charge in [-0.05, 0) is 12.5 Å². The molecule has 0 fully saturated rings. The molecule has 0 aromatic carbocycles. The maximum atomic E-state index is 12.0. The molecule has 114 valence electrons. The summed E-state index contributed by atoms with van der Waals surface area (Å²) < 4.78 is 40.5. The summed E-state index contributed by atoms with van der Waals surface area (Å²) in [6, 6.07) is 3.10. The van der Waals surface area contributed by atoms with E-state index in [1.165, 1.54) is 12.3 Å². The SMILES string of the molecule is Cc1[nH]ncc1CNCc1ccc(OCC(F)(F)F)nc1. The highest BCUT2D eigenvalue weighted by molar-refractivity contribution is 5.18. The van der Waals surface area contributed by atoms with Gasteiger partial charge in [0.2, 0.25) is 5.88 Å². The zero-order valence-corrected chi connectivity index (χ0v) is 11.4. The molecule has 0 unspecified atom stereocenters. The number of alkyl halides is 3. The molecule has 0 aliphatic carbocycles. The summed E-state index contributed by atoms with van der Waals surface area (Å²) >= 11 is 0. The van der Waals surface area contributed by atoms with Crippen LogP contribution in [0.3, 0.4) is 0 Å². The molecule has 2 rings (SSSR count). The van der Waals surface area contributed by atoms with Crippen molar-refractivity contribution in [1.82, 2.24) is 20.5 Å². The molecule has 0 saturated heterocycles. The first-order valence-corrected chi connectivity index (χ1v) is 6.28. The van der Waals surface area contributed by atoms with Crippen LogP contribution in [0.1, 0.15) is 16.8 Å². The lowest BCUT2D eigenvalue weighted by atomic mass is 10.2. The molecule has 0 amide bonds. The van der Waals surface area contributed by atoms with Crippen molar-refractivity contribution in [2.24, 2.45) is 0 Å². The van der Waals surface area contributed by atoms with E-state index in [1.54, 1.807) is 12.3 Å². The molecular weight excluding hydrogens is 285 g/mol. The standard InChI is InChI=1S/C13H15F3N4O/c1-9-11(7-19-20-9)6-17-4-10-2-3-12(18-5-10)21-8-13(14,15)16/h2-3,5,7,17H,4,6,8H2,1H3,(H,19,20). The van der Waals surface area contributed by atoms with Gasteiger partial charge in [-0.3, -0.25) is 5.10 Å². The molecule has 8 heteroatoms. The minimum atomic E-state index is -4.36. The van der Waals surface area contributed by atoms with E-state index in [9.17, 15) is 13.2 Å². The van der Waals surface area contributed by atoms with Gasteiger partial charge in [-0.1, -0.05) is 6.07 Å². The molecule has 2 heterocycles. The predicted molar refractivity (Wildman–Crippen MR) is 69.7 cm³/mol. The molecule has 2 N–H and O–H groups in total. The molecule has 0 saturated carbocycles. The Balaban J connectivity index is 1.78. The second kappa shape index (κ2) is 6.57. The number of aromatic amines is 1. The van der Waals surface area contributed by atoms with Gasteiger partial charge in [-0.15, -0.1) is 0 Å². The van der Waals surface area contributed by atoms with Crippen molar-refractivity contribution in [3.63, 3.8) is 0 Å². The number of aryl methyl sites for hydroxylation is 1. The summed E-state index contributed by atoms with van der Waals surface area (Å²) in [5, 5.41) is 9.95. The van der Waals surface area contributed by atoms with Gasteiger partial charge in [0.25, 0.3) is 0 Å². The average molecular weight is 300 g/mol. The highest BCUT2D eigenvalue weighted by Gasteiger charge is 2.28. The number of ether oxygens (including phenoxy) is 1. The van der Waals surface area contributed by atoms with E-state index in [0.717, 1.165) is 16.8 Å². The lowest BCUT2D eigenvalue weighted by molar-refractivity contribution is -0.154. The van der Waals surface area contributed by atoms with E-state index in [4.69, 9.17) is 0 Å². The van der Waals surface area contributed by atoms with Crippen molar-refractivity contribution in [2.75, 3.05) is 6.61 Å². The fourth-order valence-electron chi connectivity index (χ4n) is 1.65. The first-order chi connectivity index (χ1) is 9.94. The van der Waals surface area contributed by atoms with Gasteiger partial charge in [0.15, 0.2) is 6.61 Å². The molecular formula is C13H15F3N4O. The molecule has 0 bridgehead atoms. The van der Waals surface area contributed by atoms with Crippen molar-refractivity contribution in [2.45, 2.75) is 26.2 Å². The quantitative estimate of drug-likeness (QED) is 0.859. The Kier molecular flexibility index (Phi) is 4.79. The van der Waals surface area contributed by atoms with Crippen LogP contribution in [-0.4, -0.2) is 28.0 Å². The molecule has 0 spiro atoms. The number of nitrogens with one attached hydrogen (secondary N) is 2. The zero-order chi connectivity index (χ0) is 15.3. The largest absolute Gasteiger partial charge is 0.468 e. The van der Waals surface area contributed by atoms with Gasteiger partial charge in [0.1, 0.15) is 0 Å². The Labute approximate surface area is 119 Å². The van der Waals surface area contributed by atoms with Crippen LogP contribution in [-0.2, 0) is 13.1 Å². The number of nitrogens with zero attached hydrogens (tertiary/aromatic N) is 2. The van der Waals surface area contributed by atoms with Crippen LogP contribution < -0.4 is 10.1 Å². The molecule has 2 aromatic rings. The molecule has 0 radical (unpaired) electrons. The van der Waals surface area contributed by atoms with Crippen LogP contribution in [0.5, 0.6) is 5.88 Å². The van der Waals surface area contributed by atoms with Crippen molar-refractivity contribution in [1.29, 1.82) is 0 Å². The van der Waals surface area contributed by atoms with Gasteiger partial charge < -0.3 is 10.1 Å². The van der Waals surface area contributed by atoms with Gasteiger partial charge in [0.05, 0.1) is 6.20 Å². The second-order valence-electron chi connectivity index (χ2n) is 4.53. The van der Waals surface area contributed by atoms with Crippen LogP contribution >= 0.6 is 0 Å². The number of pyridine rings is 1. The topological polar surface area (TPSA) is 62.8 Å². The van der Waals surface area contributed by atoms with Gasteiger partial charge >= 0.3 is 6.18 Å². The fourth-order valence-corrected chi connectivity index (χ4v) is 1.65. The number of aromatic nitrogens is 3. The smallest absolute Gasteiger partial charge is 0.422 e. The van der Waals surface area contributed by atoms with Gasteiger partial charge in [-0.2, -0.15) is 18.3 Å². The maximum absolute atomic E-state index is 12.0. The highest BCUT2D eigenvalue weighted by atomic mass is 19.4. The first kappa shape index (κ1) is 15.3. The van der Waals surface area contributed by atoms with Crippen molar-refractivity contribution < 1.29 is 17.9 Å². The van der Waals surface area contributed by atoms with Gasteiger partial charge in [0, 0.05) is 36.6 Å². The number of H-pyrrole nitrogens is 1. The number of rotatable bonds is 6. The van der Waals surface area contributed by atoms with E-state index in [1.807, 2.05) is 6.92 Å². The summed E-state index contributed by atoms with van der Waals surface area (Å²) in [4.78, 5) is 3.83. The van der Waals surface area contributed by atoms with Crippen LogP contribution in [0.15, 0.2) is 24.5 Å². The molecule has 0 aliphatic rings. The normalized spacial score (nSPS) is 11.6. The summed E-state index contributed by atoms with van der Waals surface area (Å²) in [6.45, 7) is 1.79. The molecule has 2 aromatic heterocycles. The lowest BCUT2D eigenvalue weighted by Gasteiger charge is -2.09. The van der Waals surface area contributed by atoms with E-state index in [-0.39, 0.29) is 5.88 Å². The Bertz CT molecular complexity index is 566. The third-order valence-electron chi connectivity index (χ3n) is 2.76. The van der Waals surface area contributed by atoms with Crippen LogP contribution in [0.2, 0.25) is 0 Å². The fraction of sp³-hybridized carbons (Fsp3) is 0.385. The molecule has 0 aliphatic heterocycles. The highest BCUT2D eigenvalue weighted by Crippen LogP contribution is 2.17. The Morgan fingerprint density at radius 3 is 2.62 bits per heavy atom. The second-order valence-corrected chi connectivity index (χ2v) is 4.53. The van der Waals surface area contributed by atoms with Crippen molar-refractivity contribution in [3.8, 4) is 5.88 Å². The monoisotopic (exact) mass is 300 g/mol. The first-order valence-electron chi connectivity index (χ1n) is 6.28.